The first-order valence-electron chi connectivity index (χ1n) is 8.31. The molecule has 20 heavy (non-hydrogen) atoms. The second-order valence-corrected chi connectivity index (χ2v) is 8.10. The van der Waals surface area contributed by atoms with Crippen molar-refractivity contribution in [2.24, 2.45) is 16.7 Å². The molecule has 1 spiro atoms. The monoisotopic (exact) mass is 280 g/mol. The van der Waals surface area contributed by atoms with Gasteiger partial charge in [0.05, 0.1) is 0 Å². The summed E-state index contributed by atoms with van der Waals surface area (Å²) >= 11 is 0. The molecular weight excluding hydrogens is 248 g/mol. The molecule has 3 heteroatoms. The Balaban J connectivity index is 1.82. The lowest BCUT2D eigenvalue weighted by Crippen LogP contribution is -2.47. The smallest absolute Gasteiger partial charge is 0.222 e. The van der Waals surface area contributed by atoms with Gasteiger partial charge in [-0.25, -0.2) is 0 Å². The highest BCUT2D eigenvalue weighted by Gasteiger charge is 2.37. The normalized spacial score (nSPS) is 24.7. The third-order valence-corrected chi connectivity index (χ3v) is 5.80. The van der Waals surface area contributed by atoms with E-state index >= 15 is 0 Å². The van der Waals surface area contributed by atoms with Gasteiger partial charge >= 0.3 is 0 Å². The van der Waals surface area contributed by atoms with Crippen LogP contribution in [0.3, 0.4) is 0 Å². The number of nitrogens with one attached hydrogen (secondary N) is 1. The minimum absolute atomic E-state index is 0.224. The number of amides is 1. The molecule has 1 N–H and O–H groups in total. The largest absolute Gasteiger partial charge is 0.343 e. The lowest BCUT2D eigenvalue weighted by molar-refractivity contribution is -0.135. The van der Waals surface area contributed by atoms with Crippen molar-refractivity contribution in [1.29, 1.82) is 0 Å². The standard InChI is InChI=1S/C17H32N2O/c1-14(16(2,3)4)13-15(20)19-11-7-17(8-12-19)5-9-18-10-6-17/h14,18H,5-13H2,1-4H3. The van der Waals surface area contributed by atoms with Crippen molar-refractivity contribution in [2.75, 3.05) is 26.2 Å². The lowest BCUT2D eigenvalue weighted by atomic mass is 9.71. The molecule has 0 radical (unpaired) electrons. The Morgan fingerprint density at radius 1 is 1.15 bits per heavy atom. The second-order valence-electron chi connectivity index (χ2n) is 8.10. The van der Waals surface area contributed by atoms with Crippen molar-refractivity contribution in [3.8, 4) is 0 Å². The number of carbonyl (C=O) groups excluding carboxylic acids is 1. The van der Waals surface area contributed by atoms with E-state index in [0.29, 0.717) is 23.7 Å². The Morgan fingerprint density at radius 2 is 1.70 bits per heavy atom. The highest BCUT2D eigenvalue weighted by atomic mass is 16.2. The van der Waals surface area contributed by atoms with Crippen LogP contribution in [0, 0.1) is 16.7 Å². The van der Waals surface area contributed by atoms with Crippen LogP contribution in [-0.2, 0) is 4.79 Å². The van der Waals surface area contributed by atoms with Crippen LogP contribution in [0.25, 0.3) is 0 Å². The van der Waals surface area contributed by atoms with E-state index in [1.165, 1.54) is 25.7 Å². The highest BCUT2D eigenvalue weighted by Crippen LogP contribution is 2.40. The van der Waals surface area contributed by atoms with E-state index in [1.807, 2.05) is 0 Å². The average molecular weight is 280 g/mol. The lowest BCUT2D eigenvalue weighted by Gasteiger charge is -2.44. The Labute approximate surface area is 124 Å². The molecule has 2 heterocycles. The van der Waals surface area contributed by atoms with Crippen LogP contribution in [0.1, 0.15) is 59.8 Å². The minimum Gasteiger partial charge on any atom is -0.343 e. The molecule has 0 bridgehead atoms. The van der Waals surface area contributed by atoms with E-state index in [0.717, 1.165) is 26.2 Å². The van der Waals surface area contributed by atoms with Crippen LogP contribution >= 0.6 is 0 Å². The number of carbonyl (C=O) groups is 1. The zero-order chi connectivity index (χ0) is 14.8. The van der Waals surface area contributed by atoms with Crippen LogP contribution in [0.5, 0.6) is 0 Å². The van der Waals surface area contributed by atoms with E-state index in [2.05, 4.69) is 37.9 Å². The van der Waals surface area contributed by atoms with Crippen LogP contribution in [0.15, 0.2) is 0 Å². The Kier molecular flexibility index (Phi) is 4.78. The third kappa shape index (κ3) is 3.75. The van der Waals surface area contributed by atoms with Crippen molar-refractivity contribution in [2.45, 2.75) is 59.8 Å². The van der Waals surface area contributed by atoms with Gasteiger partial charge in [0.15, 0.2) is 0 Å². The minimum atomic E-state index is 0.224. The van der Waals surface area contributed by atoms with Gasteiger partial charge in [-0.15, -0.1) is 0 Å². The molecule has 2 rings (SSSR count). The van der Waals surface area contributed by atoms with E-state index in [9.17, 15) is 4.79 Å². The molecule has 0 aromatic heterocycles. The first kappa shape index (κ1) is 15.8. The van der Waals surface area contributed by atoms with Gasteiger partial charge in [-0.3, -0.25) is 4.79 Å². The molecule has 1 unspecified atom stereocenters. The van der Waals surface area contributed by atoms with Crippen molar-refractivity contribution in [1.82, 2.24) is 10.2 Å². The van der Waals surface area contributed by atoms with Crippen LogP contribution in [-0.4, -0.2) is 37.0 Å². The summed E-state index contributed by atoms with van der Waals surface area (Å²) in [5.41, 5.74) is 0.763. The first-order valence-corrected chi connectivity index (χ1v) is 8.31. The van der Waals surface area contributed by atoms with Crippen LogP contribution < -0.4 is 5.32 Å². The molecule has 0 aromatic rings. The van der Waals surface area contributed by atoms with Crippen molar-refractivity contribution in [3.63, 3.8) is 0 Å². The maximum atomic E-state index is 12.4. The van der Waals surface area contributed by atoms with E-state index in [4.69, 9.17) is 0 Å². The van der Waals surface area contributed by atoms with Crippen molar-refractivity contribution < 1.29 is 4.79 Å². The van der Waals surface area contributed by atoms with Gasteiger partial charge in [0, 0.05) is 19.5 Å². The SMILES string of the molecule is CC(CC(=O)N1CCC2(CCNCC2)CC1)C(C)(C)C. The quantitative estimate of drug-likeness (QED) is 0.843. The molecule has 2 fully saturated rings. The first-order chi connectivity index (χ1) is 9.32. The van der Waals surface area contributed by atoms with Gasteiger partial charge in [0.1, 0.15) is 0 Å². The zero-order valence-corrected chi connectivity index (χ0v) is 13.8. The summed E-state index contributed by atoms with van der Waals surface area (Å²) in [5, 5.41) is 3.45. The summed E-state index contributed by atoms with van der Waals surface area (Å²) < 4.78 is 0. The number of hydrogen-bond acceptors (Lipinski definition) is 2. The zero-order valence-electron chi connectivity index (χ0n) is 13.8. The second kappa shape index (κ2) is 6.05. The summed E-state index contributed by atoms with van der Waals surface area (Å²) in [6.45, 7) is 13.2. The summed E-state index contributed by atoms with van der Waals surface area (Å²) in [4.78, 5) is 14.6. The van der Waals surface area contributed by atoms with Gasteiger partial charge < -0.3 is 10.2 Å². The van der Waals surface area contributed by atoms with Crippen molar-refractivity contribution in [3.05, 3.63) is 0 Å². The number of piperidine rings is 2. The number of hydrogen-bond donors (Lipinski definition) is 1. The van der Waals surface area contributed by atoms with E-state index in [1.54, 1.807) is 0 Å². The van der Waals surface area contributed by atoms with Crippen LogP contribution in [0.4, 0.5) is 0 Å². The summed E-state index contributed by atoms with van der Waals surface area (Å²) in [7, 11) is 0. The molecule has 0 aliphatic carbocycles. The predicted octanol–water partition coefficient (Wildman–Crippen LogP) is 3.05. The molecule has 0 saturated carbocycles. The van der Waals surface area contributed by atoms with Crippen molar-refractivity contribution >= 4 is 5.91 Å². The topological polar surface area (TPSA) is 32.3 Å². The fraction of sp³-hybridized carbons (Fsp3) is 0.941. The van der Waals surface area contributed by atoms with Gasteiger partial charge in [-0.2, -0.15) is 0 Å². The van der Waals surface area contributed by atoms with Gasteiger partial charge in [0.2, 0.25) is 5.91 Å². The Morgan fingerprint density at radius 3 is 2.20 bits per heavy atom. The highest BCUT2D eigenvalue weighted by molar-refractivity contribution is 5.76. The molecular formula is C17H32N2O. The molecule has 1 atom stereocenters. The Bertz CT molecular complexity index is 329. The fourth-order valence-electron chi connectivity index (χ4n) is 3.38. The van der Waals surface area contributed by atoms with Gasteiger partial charge in [0.25, 0.3) is 0 Å². The molecule has 3 nitrogen and oxygen atoms in total. The molecule has 2 saturated heterocycles. The third-order valence-electron chi connectivity index (χ3n) is 5.80. The molecule has 116 valence electrons. The number of nitrogens with zero attached hydrogens (tertiary/aromatic N) is 1. The molecule has 2 aliphatic heterocycles. The summed E-state index contributed by atoms with van der Waals surface area (Å²) in [6.07, 6.45) is 5.73. The maximum Gasteiger partial charge on any atom is 0.222 e. The Hall–Kier alpha value is -0.570. The fourth-order valence-corrected chi connectivity index (χ4v) is 3.38. The van der Waals surface area contributed by atoms with E-state index in [-0.39, 0.29) is 5.41 Å². The van der Waals surface area contributed by atoms with Crippen LogP contribution in [0.2, 0.25) is 0 Å². The van der Waals surface area contributed by atoms with Gasteiger partial charge in [-0.05, 0) is 55.5 Å². The number of likely N-dealkylation sites (tertiary alicyclic amines) is 1. The summed E-state index contributed by atoms with van der Waals surface area (Å²) in [6, 6.07) is 0. The van der Waals surface area contributed by atoms with Gasteiger partial charge in [-0.1, -0.05) is 27.7 Å². The maximum absolute atomic E-state index is 12.4. The van der Waals surface area contributed by atoms with E-state index < -0.39 is 0 Å². The summed E-state index contributed by atoms with van der Waals surface area (Å²) in [5.74, 6) is 0.820. The molecule has 2 aliphatic rings. The molecule has 1 amide bonds. The molecule has 0 aromatic carbocycles. The number of rotatable bonds is 2. The average Bonchev–Trinajstić information content (AvgIpc) is 2.39. The predicted molar refractivity (Wildman–Crippen MR) is 83.6 cm³/mol.